The first-order chi connectivity index (χ1) is 13.0. The van der Waals surface area contributed by atoms with Gasteiger partial charge in [-0.25, -0.2) is 0 Å². The zero-order chi connectivity index (χ0) is 19.4. The molecule has 1 amide bonds. The molecule has 8 heteroatoms. The molecule has 6 nitrogen and oxygen atoms in total. The van der Waals surface area contributed by atoms with Crippen LogP contribution in [0.5, 0.6) is 5.75 Å². The molecule has 3 rings (SSSR count). The van der Waals surface area contributed by atoms with Crippen molar-refractivity contribution in [3.63, 3.8) is 0 Å². The second-order valence-electron chi connectivity index (χ2n) is 5.58. The molecular formula is C19H16BrClN2O4. The summed E-state index contributed by atoms with van der Waals surface area (Å²) >= 11 is 9.44. The molecule has 0 atom stereocenters. The fraction of sp³-hybridized carbons (Fsp3) is 0.158. The highest BCUT2D eigenvalue weighted by Crippen LogP contribution is 2.36. The lowest BCUT2D eigenvalue weighted by molar-refractivity contribution is 0.0994. The first-order valence-corrected chi connectivity index (χ1v) is 9.32. The van der Waals surface area contributed by atoms with E-state index in [0.29, 0.717) is 33.3 Å². The Bertz CT molecular complexity index is 1030. The van der Waals surface area contributed by atoms with Gasteiger partial charge in [0.25, 0.3) is 11.5 Å². The van der Waals surface area contributed by atoms with Gasteiger partial charge in [0.05, 0.1) is 23.3 Å². The summed E-state index contributed by atoms with van der Waals surface area (Å²) in [6, 6.07) is 11.4. The maximum Gasteiger partial charge on any atom is 0.291 e. The fourth-order valence-electron chi connectivity index (χ4n) is 2.47. The van der Waals surface area contributed by atoms with Gasteiger partial charge in [-0.1, -0.05) is 17.7 Å². The van der Waals surface area contributed by atoms with Crippen molar-refractivity contribution in [1.82, 2.24) is 4.57 Å². The summed E-state index contributed by atoms with van der Waals surface area (Å²) in [5.74, 6) is 0.646. The lowest BCUT2D eigenvalue weighted by Gasteiger charge is -2.13. The molecule has 0 radical (unpaired) electrons. The van der Waals surface area contributed by atoms with E-state index in [-0.39, 0.29) is 17.9 Å². The zero-order valence-corrected chi connectivity index (χ0v) is 16.7. The van der Waals surface area contributed by atoms with Crippen LogP contribution in [0.1, 0.15) is 23.2 Å². The Morgan fingerprint density at radius 1 is 1.30 bits per heavy atom. The van der Waals surface area contributed by atoms with Gasteiger partial charge in [-0.15, -0.1) is 0 Å². The number of rotatable bonds is 6. The zero-order valence-electron chi connectivity index (χ0n) is 14.4. The van der Waals surface area contributed by atoms with Crippen molar-refractivity contribution in [2.24, 2.45) is 0 Å². The van der Waals surface area contributed by atoms with Crippen molar-refractivity contribution in [2.75, 3.05) is 11.9 Å². The molecule has 0 saturated carbocycles. The standard InChI is InChI=1S/C19H16BrClN2O4/c1-2-26-18-14(20)9-12(21)10-15(18)22-19(25)16-7-6-13(27-16)11-23-8-4-3-5-17(23)24/h3-10H,2,11H2,1H3,(H,22,25). The van der Waals surface area contributed by atoms with Gasteiger partial charge in [-0.05, 0) is 53.2 Å². The molecule has 1 aromatic carbocycles. The van der Waals surface area contributed by atoms with Gasteiger partial charge in [0.15, 0.2) is 11.5 Å². The van der Waals surface area contributed by atoms with E-state index in [1.54, 1.807) is 42.6 Å². The monoisotopic (exact) mass is 450 g/mol. The van der Waals surface area contributed by atoms with Crippen molar-refractivity contribution in [2.45, 2.75) is 13.5 Å². The molecule has 0 aliphatic rings. The highest BCUT2D eigenvalue weighted by Gasteiger charge is 2.17. The summed E-state index contributed by atoms with van der Waals surface area (Å²) in [6.45, 7) is 2.51. The molecule has 0 bridgehead atoms. The minimum Gasteiger partial charge on any atom is -0.491 e. The third kappa shape index (κ3) is 4.61. The van der Waals surface area contributed by atoms with Gasteiger partial charge in [0.2, 0.25) is 0 Å². The lowest BCUT2D eigenvalue weighted by atomic mass is 10.2. The van der Waals surface area contributed by atoms with Gasteiger partial charge in [-0.2, -0.15) is 0 Å². The third-order valence-electron chi connectivity index (χ3n) is 3.66. The van der Waals surface area contributed by atoms with Crippen molar-refractivity contribution >= 4 is 39.1 Å². The summed E-state index contributed by atoms with van der Waals surface area (Å²) in [7, 11) is 0. The predicted octanol–water partition coefficient (Wildman–Crippen LogP) is 4.56. The number of furan rings is 1. The van der Waals surface area contributed by atoms with Crippen LogP contribution in [-0.2, 0) is 6.54 Å². The van der Waals surface area contributed by atoms with Crippen molar-refractivity contribution in [3.8, 4) is 5.75 Å². The molecule has 0 aliphatic heterocycles. The van der Waals surface area contributed by atoms with Crippen LogP contribution in [0.15, 0.2) is 62.3 Å². The van der Waals surface area contributed by atoms with Gasteiger partial charge < -0.3 is 19.0 Å². The average molecular weight is 452 g/mol. The number of carbonyl (C=O) groups is 1. The summed E-state index contributed by atoms with van der Waals surface area (Å²) < 4.78 is 13.3. The van der Waals surface area contributed by atoms with Crippen LogP contribution in [0.3, 0.4) is 0 Å². The fourth-order valence-corrected chi connectivity index (χ4v) is 3.40. The SMILES string of the molecule is CCOc1c(Br)cc(Cl)cc1NC(=O)c1ccc(Cn2ccccc2=O)o1. The summed E-state index contributed by atoms with van der Waals surface area (Å²) in [6.07, 6.45) is 1.66. The van der Waals surface area contributed by atoms with Crippen LogP contribution in [-0.4, -0.2) is 17.1 Å². The summed E-state index contributed by atoms with van der Waals surface area (Å²) in [5, 5.41) is 3.19. The highest BCUT2D eigenvalue weighted by atomic mass is 79.9. The topological polar surface area (TPSA) is 73.5 Å². The molecule has 1 N–H and O–H groups in total. The molecule has 0 fully saturated rings. The predicted molar refractivity (Wildman–Crippen MR) is 107 cm³/mol. The normalized spacial score (nSPS) is 10.6. The van der Waals surface area contributed by atoms with Gasteiger partial charge in [0.1, 0.15) is 5.76 Å². The van der Waals surface area contributed by atoms with Crippen molar-refractivity contribution < 1.29 is 13.9 Å². The van der Waals surface area contributed by atoms with Gasteiger partial charge in [-0.3, -0.25) is 9.59 Å². The first-order valence-electron chi connectivity index (χ1n) is 8.15. The summed E-state index contributed by atoms with van der Waals surface area (Å²) in [4.78, 5) is 24.3. The molecule has 2 heterocycles. The molecule has 3 aromatic rings. The van der Waals surface area contributed by atoms with E-state index in [0.717, 1.165) is 0 Å². The molecule has 0 aliphatic carbocycles. The number of pyridine rings is 1. The number of halogens is 2. The van der Waals surface area contributed by atoms with Crippen LogP contribution in [0.2, 0.25) is 5.02 Å². The second-order valence-corrected chi connectivity index (χ2v) is 6.87. The number of hydrogen-bond acceptors (Lipinski definition) is 4. The van der Waals surface area contributed by atoms with E-state index >= 15 is 0 Å². The number of anilines is 1. The number of aromatic nitrogens is 1. The number of hydrogen-bond donors (Lipinski definition) is 1. The average Bonchev–Trinajstić information content (AvgIpc) is 3.09. The molecule has 0 saturated heterocycles. The number of carbonyl (C=O) groups excluding carboxylic acids is 1. The van der Waals surface area contributed by atoms with E-state index in [4.69, 9.17) is 20.8 Å². The van der Waals surface area contributed by atoms with Crippen LogP contribution in [0.4, 0.5) is 5.69 Å². The van der Waals surface area contributed by atoms with E-state index in [9.17, 15) is 9.59 Å². The van der Waals surface area contributed by atoms with E-state index in [2.05, 4.69) is 21.2 Å². The molecule has 0 unspecified atom stereocenters. The Balaban J connectivity index is 1.79. The first kappa shape index (κ1) is 19.3. The maximum absolute atomic E-state index is 12.5. The Morgan fingerprint density at radius 3 is 2.85 bits per heavy atom. The maximum atomic E-state index is 12.5. The minimum absolute atomic E-state index is 0.118. The number of ether oxygens (including phenoxy) is 1. The van der Waals surface area contributed by atoms with Crippen LogP contribution >= 0.6 is 27.5 Å². The number of amides is 1. The molecule has 27 heavy (non-hydrogen) atoms. The molecule has 2 aromatic heterocycles. The lowest BCUT2D eigenvalue weighted by Crippen LogP contribution is -2.18. The smallest absolute Gasteiger partial charge is 0.291 e. The van der Waals surface area contributed by atoms with E-state index in [1.807, 2.05) is 6.92 Å². The Morgan fingerprint density at radius 2 is 2.11 bits per heavy atom. The van der Waals surface area contributed by atoms with E-state index < -0.39 is 5.91 Å². The highest BCUT2D eigenvalue weighted by molar-refractivity contribution is 9.10. The van der Waals surface area contributed by atoms with Crippen LogP contribution in [0.25, 0.3) is 0 Å². The quantitative estimate of drug-likeness (QED) is 0.596. The Kier molecular flexibility index (Phi) is 6.03. The largest absolute Gasteiger partial charge is 0.491 e. The Labute approximate surface area is 168 Å². The van der Waals surface area contributed by atoms with Crippen LogP contribution < -0.4 is 15.6 Å². The number of nitrogens with one attached hydrogen (secondary N) is 1. The van der Waals surface area contributed by atoms with Crippen LogP contribution in [0, 0.1) is 0 Å². The van der Waals surface area contributed by atoms with Gasteiger partial charge in [0, 0.05) is 17.3 Å². The molecule has 0 spiro atoms. The van der Waals surface area contributed by atoms with Gasteiger partial charge >= 0.3 is 0 Å². The van der Waals surface area contributed by atoms with Crippen molar-refractivity contribution in [1.29, 1.82) is 0 Å². The van der Waals surface area contributed by atoms with Crippen molar-refractivity contribution in [3.05, 3.63) is 80.0 Å². The number of nitrogens with zero attached hydrogens (tertiary/aromatic N) is 1. The second kappa shape index (κ2) is 8.45. The van der Waals surface area contributed by atoms with E-state index in [1.165, 1.54) is 10.6 Å². The molecule has 140 valence electrons. The third-order valence-corrected chi connectivity index (χ3v) is 4.46. The summed E-state index contributed by atoms with van der Waals surface area (Å²) in [5.41, 5.74) is 0.281. The molecular weight excluding hydrogens is 436 g/mol. The minimum atomic E-state index is -0.447. The number of benzene rings is 1. The Hall–Kier alpha value is -2.51.